The van der Waals surface area contributed by atoms with Crippen LogP contribution in [0.3, 0.4) is 0 Å². The molecule has 1 atom stereocenters. The summed E-state index contributed by atoms with van der Waals surface area (Å²) in [5.74, 6) is 1.51. The first-order valence-electron chi connectivity index (χ1n) is 14.9. The molecule has 42 heavy (non-hydrogen) atoms. The van der Waals surface area contributed by atoms with Crippen molar-refractivity contribution in [1.82, 2.24) is 4.90 Å². The van der Waals surface area contributed by atoms with Crippen LogP contribution in [0.5, 0.6) is 11.5 Å². The van der Waals surface area contributed by atoms with Crippen LogP contribution in [0.15, 0.2) is 30.3 Å². The third-order valence-corrected chi connectivity index (χ3v) is 8.17. The zero-order valence-electron chi connectivity index (χ0n) is 25.8. The molecule has 0 aliphatic carbocycles. The van der Waals surface area contributed by atoms with Gasteiger partial charge in [0.25, 0.3) is 5.91 Å². The number of imide groups is 1. The second-order valence-electron chi connectivity index (χ2n) is 10.3. The van der Waals surface area contributed by atoms with E-state index >= 15 is 0 Å². The molecule has 0 saturated heterocycles. The molecule has 0 aliphatic rings. The average Bonchev–Trinajstić information content (AvgIpc) is 2.99. The SMILES string of the molecule is CCCCCCCCc1ccc(NC(=O)CCCCl)c(C)c1C(=O)N(C=O)C(CSC)c1ccc(OC)c(OCC)c1. The van der Waals surface area contributed by atoms with Gasteiger partial charge in [-0.05, 0) is 74.3 Å². The number of methoxy groups -OCH3 is 1. The topological polar surface area (TPSA) is 84.9 Å². The highest BCUT2D eigenvalue weighted by Crippen LogP contribution is 2.35. The second-order valence-corrected chi connectivity index (χ2v) is 11.6. The predicted molar refractivity (Wildman–Crippen MR) is 174 cm³/mol. The summed E-state index contributed by atoms with van der Waals surface area (Å²) in [4.78, 5) is 40.8. The number of rotatable bonds is 20. The summed E-state index contributed by atoms with van der Waals surface area (Å²) in [6.07, 6.45) is 10.9. The van der Waals surface area contributed by atoms with E-state index < -0.39 is 6.04 Å². The van der Waals surface area contributed by atoms with Crippen molar-refractivity contribution in [1.29, 1.82) is 0 Å². The lowest BCUT2D eigenvalue weighted by atomic mass is 9.93. The molecular formula is C33H47ClN2O5S. The molecule has 0 spiro atoms. The molecular weight excluding hydrogens is 572 g/mol. The molecule has 0 aliphatic heterocycles. The van der Waals surface area contributed by atoms with E-state index in [-0.39, 0.29) is 11.8 Å². The lowest BCUT2D eigenvalue weighted by Crippen LogP contribution is -2.36. The van der Waals surface area contributed by atoms with Crippen LogP contribution in [0.4, 0.5) is 5.69 Å². The van der Waals surface area contributed by atoms with Gasteiger partial charge < -0.3 is 14.8 Å². The number of ether oxygens (including phenoxy) is 2. The molecule has 232 valence electrons. The van der Waals surface area contributed by atoms with Crippen molar-refractivity contribution in [3.05, 3.63) is 52.6 Å². The van der Waals surface area contributed by atoms with Crippen LogP contribution < -0.4 is 14.8 Å². The standard InChI is InChI=1S/C33H47ClN2O5S/c1-6-8-9-10-11-12-14-25-16-18-27(35-31(38)15-13-20-34)24(3)32(25)33(39)36(23-37)28(22-42-5)26-17-19-29(40-4)30(21-26)41-7-2/h16-19,21,23,28H,6-15,20,22H2,1-5H3,(H,35,38). The number of amides is 3. The van der Waals surface area contributed by atoms with E-state index in [2.05, 4.69) is 12.2 Å². The summed E-state index contributed by atoms with van der Waals surface area (Å²) in [7, 11) is 1.58. The van der Waals surface area contributed by atoms with Crippen LogP contribution in [0.25, 0.3) is 0 Å². The molecule has 9 heteroatoms. The first-order chi connectivity index (χ1) is 20.4. The van der Waals surface area contributed by atoms with Crippen LogP contribution >= 0.6 is 23.4 Å². The normalized spacial score (nSPS) is 11.6. The summed E-state index contributed by atoms with van der Waals surface area (Å²) in [6.45, 7) is 6.38. The number of unbranched alkanes of at least 4 members (excludes halogenated alkanes) is 5. The Morgan fingerprint density at radius 1 is 1.05 bits per heavy atom. The number of aryl methyl sites for hydroxylation is 1. The largest absolute Gasteiger partial charge is 0.493 e. The van der Waals surface area contributed by atoms with Gasteiger partial charge in [-0.25, -0.2) is 0 Å². The van der Waals surface area contributed by atoms with Gasteiger partial charge in [0.05, 0.1) is 19.8 Å². The van der Waals surface area contributed by atoms with Crippen molar-refractivity contribution < 1.29 is 23.9 Å². The van der Waals surface area contributed by atoms with Gasteiger partial charge >= 0.3 is 0 Å². The van der Waals surface area contributed by atoms with Crippen molar-refractivity contribution >= 4 is 47.3 Å². The number of hydrogen-bond donors (Lipinski definition) is 1. The Balaban J connectivity index is 2.51. The Morgan fingerprint density at radius 3 is 2.43 bits per heavy atom. The van der Waals surface area contributed by atoms with Crippen LogP contribution in [-0.4, -0.2) is 54.7 Å². The number of alkyl halides is 1. The first-order valence-corrected chi connectivity index (χ1v) is 16.8. The predicted octanol–water partition coefficient (Wildman–Crippen LogP) is 7.97. The molecule has 2 aromatic carbocycles. The molecule has 0 bridgehead atoms. The van der Waals surface area contributed by atoms with E-state index in [0.717, 1.165) is 30.4 Å². The summed E-state index contributed by atoms with van der Waals surface area (Å²) in [6, 6.07) is 8.75. The maximum absolute atomic E-state index is 14.3. The van der Waals surface area contributed by atoms with Crippen molar-refractivity contribution in [2.45, 2.75) is 84.6 Å². The van der Waals surface area contributed by atoms with Gasteiger partial charge in [0.2, 0.25) is 12.3 Å². The minimum atomic E-state index is -0.529. The van der Waals surface area contributed by atoms with E-state index in [9.17, 15) is 14.4 Å². The van der Waals surface area contributed by atoms with Crippen LogP contribution in [0.1, 0.15) is 98.3 Å². The third kappa shape index (κ3) is 10.2. The van der Waals surface area contributed by atoms with Crippen molar-refractivity contribution in [2.24, 2.45) is 0 Å². The Kier molecular flexibility index (Phi) is 16.5. The Morgan fingerprint density at radius 2 is 1.79 bits per heavy atom. The van der Waals surface area contributed by atoms with Gasteiger partial charge in [0.15, 0.2) is 11.5 Å². The quantitative estimate of drug-likeness (QED) is 0.0920. The van der Waals surface area contributed by atoms with E-state index in [0.29, 0.717) is 72.2 Å². The van der Waals surface area contributed by atoms with Gasteiger partial charge in [0.1, 0.15) is 0 Å². The maximum atomic E-state index is 14.3. The molecule has 0 aromatic heterocycles. The first kappa shape index (κ1) is 35.5. The molecule has 0 saturated carbocycles. The van der Waals surface area contributed by atoms with Crippen molar-refractivity contribution in [3.8, 4) is 11.5 Å². The number of anilines is 1. The summed E-state index contributed by atoms with van der Waals surface area (Å²) in [5.41, 5.74) is 3.35. The van der Waals surface area contributed by atoms with Gasteiger partial charge in [-0.3, -0.25) is 19.3 Å². The minimum absolute atomic E-state index is 0.157. The molecule has 2 aromatic rings. The number of nitrogens with zero attached hydrogens (tertiary/aromatic N) is 1. The molecule has 1 N–H and O–H groups in total. The molecule has 0 fully saturated rings. The summed E-state index contributed by atoms with van der Waals surface area (Å²) in [5, 5.41) is 2.94. The number of halogens is 1. The van der Waals surface area contributed by atoms with Crippen LogP contribution in [0, 0.1) is 6.92 Å². The fourth-order valence-corrected chi connectivity index (χ4v) is 5.80. The van der Waals surface area contributed by atoms with Gasteiger partial charge in [-0.1, -0.05) is 51.2 Å². The molecule has 0 radical (unpaired) electrons. The van der Waals surface area contributed by atoms with E-state index in [4.69, 9.17) is 21.1 Å². The highest BCUT2D eigenvalue weighted by molar-refractivity contribution is 7.98. The monoisotopic (exact) mass is 618 g/mol. The lowest BCUT2D eigenvalue weighted by molar-refractivity contribution is -0.117. The highest BCUT2D eigenvalue weighted by atomic mass is 35.5. The Labute approximate surface area is 261 Å². The lowest BCUT2D eigenvalue weighted by Gasteiger charge is -2.29. The molecule has 0 heterocycles. The van der Waals surface area contributed by atoms with Crippen molar-refractivity contribution in [3.63, 3.8) is 0 Å². The summed E-state index contributed by atoms with van der Waals surface area (Å²) >= 11 is 7.33. The van der Waals surface area contributed by atoms with Crippen LogP contribution in [0.2, 0.25) is 0 Å². The number of benzene rings is 2. The Hall–Kier alpha value is -2.71. The number of nitrogens with one attached hydrogen (secondary N) is 1. The van der Waals surface area contributed by atoms with Gasteiger partial charge in [-0.15, -0.1) is 11.6 Å². The van der Waals surface area contributed by atoms with Crippen LogP contribution in [-0.2, 0) is 16.0 Å². The molecule has 2 rings (SSSR count). The van der Waals surface area contributed by atoms with E-state index in [1.54, 1.807) is 24.9 Å². The molecule has 7 nitrogen and oxygen atoms in total. The molecule has 3 amide bonds. The van der Waals surface area contributed by atoms with Crippen molar-refractivity contribution in [2.75, 3.05) is 36.9 Å². The number of carbonyl (C=O) groups excluding carboxylic acids is 3. The van der Waals surface area contributed by atoms with Gasteiger partial charge in [-0.2, -0.15) is 11.8 Å². The number of hydrogen-bond acceptors (Lipinski definition) is 6. The van der Waals surface area contributed by atoms with E-state index in [1.807, 2.05) is 44.4 Å². The van der Waals surface area contributed by atoms with E-state index in [1.165, 1.54) is 24.2 Å². The zero-order valence-corrected chi connectivity index (χ0v) is 27.4. The van der Waals surface area contributed by atoms with Gasteiger partial charge in [0, 0.05) is 29.3 Å². The Bertz CT molecular complexity index is 1160. The number of carbonyl (C=O) groups is 3. The zero-order chi connectivity index (χ0) is 30.9. The summed E-state index contributed by atoms with van der Waals surface area (Å²) < 4.78 is 11.2. The minimum Gasteiger partial charge on any atom is -0.493 e. The average molecular weight is 619 g/mol. The fourth-order valence-electron chi connectivity index (χ4n) is 5.00. The number of thioether (sulfide) groups is 1. The smallest absolute Gasteiger partial charge is 0.261 e. The second kappa shape index (κ2) is 19.5. The molecule has 1 unspecified atom stereocenters. The third-order valence-electron chi connectivity index (χ3n) is 7.26. The maximum Gasteiger partial charge on any atom is 0.261 e. The highest BCUT2D eigenvalue weighted by Gasteiger charge is 2.30. The fraction of sp³-hybridized carbons (Fsp3) is 0.545.